The third-order valence-electron chi connectivity index (χ3n) is 8.61. The number of rotatable bonds is 21. The summed E-state index contributed by atoms with van der Waals surface area (Å²) in [6, 6.07) is 21.7. The number of unbranched alkanes of at least 4 members (excludes halogenated alkanes) is 7. The van der Waals surface area contributed by atoms with Gasteiger partial charge in [0.05, 0.1) is 44.2 Å². The van der Waals surface area contributed by atoms with E-state index in [1.54, 1.807) is 36.4 Å². The van der Waals surface area contributed by atoms with Gasteiger partial charge < -0.3 is 23.7 Å². The Labute approximate surface area is 280 Å². The van der Waals surface area contributed by atoms with E-state index in [1.165, 1.54) is 32.1 Å². The molecule has 1 aliphatic rings. The van der Waals surface area contributed by atoms with E-state index in [0.29, 0.717) is 36.0 Å². The summed E-state index contributed by atoms with van der Waals surface area (Å²) in [6.07, 6.45) is 10.6. The topological polar surface area (TPSA) is 80.3 Å². The molecule has 254 valence electrons. The minimum Gasteiger partial charge on any atom is -0.494 e. The molecule has 3 aromatic carbocycles. The lowest BCUT2D eigenvalue weighted by atomic mass is 9.90. The van der Waals surface area contributed by atoms with E-state index in [-0.39, 0.29) is 11.4 Å². The number of carbonyl (C=O) groups excluding carboxylic acids is 2. The summed E-state index contributed by atoms with van der Waals surface area (Å²) in [6.45, 7) is 10.8. The third-order valence-corrected chi connectivity index (χ3v) is 8.61. The molecule has 0 bridgehead atoms. The highest BCUT2D eigenvalue weighted by Gasteiger charge is 2.33. The molecule has 0 N–H and O–H groups in total. The molecule has 1 heterocycles. The molecule has 1 saturated heterocycles. The first-order chi connectivity index (χ1) is 22.8. The van der Waals surface area contributed by atoms with Crippen LogP contribution in [0.2, 0.25) is 0 Å². The van der Waals surface area contributed by atoms with Crippen molar-refractivity contribution in [2.24, 2.45) is 11.3 Å². The largest absolute Gasteiger partial charge is 0.494 e. The van der Waals surface area contributed by atoms with Crippen LogP contribution in [0.25, 0.3) is 11.1 Å². The predicted octanol–water partition coefficient (Wildman–Crippen LogP) is 9.33. The van der Waals surface area contributed by atoms with E-state index in [9.17, 15) is 9.59 Å². The van der Waals surface area contributed by atoms with Crippen LogP contribution in [0.1, 0.15) is 99.3 Å². The second-order valence-electron chi connectivity index (χ2n) is 13.2. The molecular weight excluding hydrogens is 592 g/mol. The van der Waals surface area contributed by atoms with Crippen molar-refractivity contribution in [1.29, 1.82) is 0 Å². The molecule has 0 aromatic heterocycles. The molecule has 1 aliphatic heterocycles. The van der Waals surface area contributed by atoms with E-state index in [4.69, 9.17) is 23.7 Å². The third kappa shape index (κ3) is 12.5. The Bertz CT molecular complexity index is 1340. The van der Waals surface area contributed by atoms with Gasteiger partial charge in [0.25, 0.3) is 0 Å². The van der Waals surface area contributed by atoms with Gasteiger partial charge in [-0.15, -0.1) is 0 Å². The Morgan fingerprint density at radius 1 is 0.702 bits per heavy atom. The van der Waals surface area contributed by atoms with Crippen LogP contribution >= 0.6 is 0 Å². The lowest BCUT2D eigenvalue weighted by Crippen LogP contribution is -2.43. The number of hydrogen-bond donors (Lipinski definition) is 0. The van der Waals surface area contributed by atoms with Gasteiger partial charge in [-0.1, -0.05) is 90.0 Å². The fourth-order valence-corrected chi connectivity index (χ4v) is 5.20. The summed E-state index contributed by atoms with van der Waals surface area (Å²) in [5.41, 5.74) is 3.15. The zero-order valence-corrected chi connectivity index (χ0v) is 28.5. The van der Waals surface area contributed by atoms with Gasteiger partial charge in [-0.2, -0.15) is 0 Å². The predicted molar refractivity (Wildman–Crippen MR) is 185 cm³/mol. The van der Waals surface area contributed by atoms with Crippen molar-refractivity contribution in [2.75, 3.05) is 39.6 Å². The molecule has 3 aromatic rings. The number of benzene rings is 3. The zero-order valence-electron chi connectivity index (χ0n) is 28.5. The van der Waals surface area contributed by atoms with Crippen molar-refractivity contribution in [1.82, 2.24) is 0 Å². The normalized spacial score (nSPS) is 14.2. The fraction of sp³-hybridized carbons (Fsp3) is 0.500. The maximum absolute atomic E-state index is 12.7. The fourth-order valence-electron chi connectivity index (χ4n) is 5.20. The Balaban J connectivity index is 1.06. The van der Waals surface area contributed by atoms with Gasteiger partial charge in [0.1, 0.15) is 11.5 Å². The van der Waals surface area contributed by atoms with Crippen molar-refractivity contribution < 1.29 is 33.3 Å². The zero-order chi connectivity index (χ0) is 33.3. The first-order valence-corrected chi connectivity index (χ1v) is 17.3. The Morgan fingerprint density at radius 2 is 1.21 bits per heavy atom. The number of ether oxygens (including phenoxy) is 5. The number of carbonyl (C=O) groups is 2. The van der Waals surface area contributed by atoms with Crippen LogP contribution in [0.15, 0.2) is 72.8 Å². The van der Waals surface area contributed by atoms with Crippen molar-refractivity contribution in [3.05, 3.63) is 83.9 Å². The average molecular weight is 645 g/mol. The van der Waals surface area contributed by atoms with Crippen molar-refractivity contribution >= 4 is 11.9 Å². The minimum atomic E-state index is -0.421. The lowest BCUT2D eigenvalue weighted by Gasteiger charge is -2.37. The number of esters is 2. The first-order valence-electron chi connectivity index (χ1n) is 17.3. The molecule has 1 atom stereocenters. The van der Waals surface area contributed by atoms with Crippen molar-refractivity contribution in [3.63, 3.8) is 0 Å². The molecule has 0 amide bonds. The van der Waals surface area contributed by atoms with E-state index in [1.807, 2.05) is 36.4 Å². The molecular formula is C40H52O7. The van der Waals surface area contributed by atoms with Gasteiger partial charge in [-0.05, 0) is 78.4 Å². The Morgan fingerprint density at radius 3 is 1.79 bits per heavy atom. The van der Waals surface area contributed by atoms with E-state index in [0.717, 1.165) is 69.0 Å². The summed E-state index contributed by atoms with van der Waals surface area (Å²) in [7, 11) is 0. The van der Waals surface area contributed by atoms with Crippen LogP contribution in [0.4, 0.5) is 0 Å². The van der Waals surface area contributed by atoms with Crippen molar-refractivity contribution in [3.8, 4) is 22.6 Å². The lowest BCUT2D eigenvalue weighted by molar-refractivity contribution is -0.137. The molecule has 0 aliphatic carbocycles. The van der Waals surface area contributed by atoms with Crippen LogP contribution in [0, 0.1) is 11.3 Å². The highest BCUT2D eigenvalue weighted by atomic mass is 16.5. The summed E-state index contributed by atoms with van der Waals surface area (Å²) in [5, 5.41) is 0. The van der Waals surface area contributed by atoms with Gasteiger partial charge in [-0.25, -0.2) is 9.59 Å². The summed E-state index contributed by atoms with van der Waals surface area (Å²) in [5.74, 6) is 0.822. The van der Waals surface area contributed by atoms with Crippen LogP contribution in [-0.2, 0) is 14.2 Å². The molecule has 4 rings (SSSR count). The van der Waals surface area contributed by atoms with Gasteiger partial charge in [0.2, 0.25) is 0 Å². The monoisotopic (exact) mass is 644 g/mol. The molecule has 1 unspecified atom stereocenters. The molecule has 47 heavy (non-hydrogen) atoms. The van der Waals surface area contributed by atoms with Crippen LogP contribution in [0.3, 0.4) is 0 Å². The van der Waals surface area contributed by atoms with Crippen LogP contribution in [-0.4, -0.2) is 51.6 Å². The molecule has 0 saturated carbocycles. The van der Waals surface area contributed by atoms with Gasteiger partial charge in [0, 0.05) is 12.0 Å². The van der Waals surface area contributed by atoms with E-state index < -0.39 is 5.97 Å². The number of hydrogen-bond acceptors (Lipinski definition) is 7. The van der Waals surface area contributed by atoms with Gasteiger partial charge in [-0.3, -0.25) is 0 Å². The summed E-state index contributed by atoms with van der Waals surface area (Å²) >= 11 is 0. The van der Waals surface area contributed by atoms with Crippen molar-refractivity contribution in [2.45, 2.75) is 78.6 Å². The highest BCUT2D eigenvalue weighted by molar-refractivity contribution is 5.91. The molecule has 7 heteroatoms. The molecule has 7 nitrogen and oxygen atoms in total. The van der Waals surface area contributed by atoms with Gasteiger partial charge in [0.15, 0.2) is 0 Å². The maximum Gasteiger partial charge on any atom is 0.343 e. The summed E-state index contributed by atoms with van der Waals surface area (Å²) < 4.78 is 27.9. The molecule has 0 radical (unpaired) electrons. The standard InChI is InChI=1S/C40H52O7/c1-4-31(2)27-46-38(41)34-15-13-32(14-16-34)33-17-23-37(24-18-33)47-39(42)35-19-21-36(22-20-35)45-26-12-10-8-6-5-7-9-11-25-43-28-40(3)29-44-30-40/h13-24,31H,4-12,25-30H2,1-3H3. The SMILES string of the molecule is CCC(C)COC(=O)c1ccc(-c2ccc(OC(=O)c3ccc(OCCCCCCCCCCOCC4(C)COC4)cc3)cc2)cc1. The summed E-state index contributed by atoms with van der Waals surface area (Å²) in [4.78, 5) is 25.0. The van der Waals surface area contributed by atoms with E-state index in [2.05, 4.69) is 20.8 Å². The highest BCUT2D eigenvalue weighted by Crippen LogP contribution is 2.27. The second-order valence-corrected chi connectivity index (χ2v) is 13.2. The Hall–Kier alpha value is -3.68. The van der Waals surface area contributed by atoms with Crippen LogP contribution in [0.5, 0.6) is 11.5 Å². The molecule has 0 spiro atoms. The first kappa shape index (κ1) is 36.2. The quantitative estimate of drug-likeness (QED) is 0.0649. The van der Waals surface area contributed by atoms with Crippen LogP contribution < -0.4 is 9.47 Å². The Kier molecular flexibility index (Phi) is 14.8. The molecule has 1 fully saturated rings. The minimum absolute atomic E-state index is 0.251. The average Bonchev–Trinajstić information content (AvgIpc) is 3.08. The van der Waals surface area contributed by atoms with Gasteiger partial charge >= 0.3 is 11.9 Å². The maximum atomic E-state index is 12.7. The smallest absolute Gasteiger partial charge is 0.343 e. The second kappa shape index (κ2) is 19.2. The van der Waals surface area contributed by atoms with E-state index >= 15 is 0 Å².